The molecule has 0 saturated carbocycles. The van der Waals surface area contributed by atoms with Crippen LogP contribution in [0.2, 0.25) is 0 Å². The van der Waals surface area contributed by atoms with E-state index in [0.29, 0.717) is 11.4 Å². The van der Waals surface area contributed by atoms with E-state index in [4.69, 9.17) is 9.47 Å². The number of anilines is 2. The van der Waals surface area contributed by atoms with E-state index in [0.717, 1.165) is 12.1 Å². The van der Waals surface area contributed by atoms with Crippen molar-refractivity contribution in [3.05, 3.63) is 54.1 Å². The summed E-state index contributed by atoms with van der Waals surface area (Å²) in [5, 5.41) is 2.09. The first kappa shape index (κ1) is 22.1. The number of carbonyl (C=O) groups excluding carboxylic acids is 3. The van der Waals surface area contributed by atoms with E-state index in [9.17, 15) is 27.6 Å². The molecule has 1 aliphatic rings. The molecule has 2 aromatic carbocycles. The third kappa shape index (κ3) is 5.14. The van der Waals surface area contributed by atoms with E-state index >= 15 is 0 Å². The molecule has 31 heavy (non-hydrogen) atoms. The molecule has 164 valence electrons. The number of hydrogen-bond donors (Lipinski definition) is 1. The van der Waals surface area contributed by atoms with E-state index in [1.54, 1.807) is 24.3 Å². The largest absolute Gasteiger partial charge is 0.495 e. The van der Waals surface area contributed by atoms with E-state index in [1.165, 1.54) is 24.1 Å². The van der Waals surface area contributed by atoms with Crippen molar-refractivity contribution in [3.63, 3.8) is 0 Å². The zero-order valence-corrected chi connectivity index (χ0v) is 16.4. The molecule has 0 aromatic heterocycles. The van der Waals surface area contributed by atoms with Crippen molar-refractivity contribution in [1.82, 2.24) is 0 Å². The topological polar surface area (TPSA) is 84.9 Å². The number of amides is 2. The standard InChI is InChI=1S/C21H19F3N2O5/c1-30-17-9-5-4-8-16(17)26-11-13(10-19(26)28)20(29)31-12-18(27)25-15-7-3-2-6-14(15)21(22,23)24/h2-9,13H,10-12H2,1H3,(H,25,27)/t13-/m0/s1. The van der Waals surface area contributed by atoms with Gasteiger partial charge in [0.15, 0.2) is 6.61 Å². The molecule has 2 amide bonds. The number of para-hydroxylation sites is 3. The summed E-state index contributed by atoms with van der Waals surface area (Å²) in [5.41, 5.74) is -0.940. The fraction of sp³-hybridized carbons (Fsp3) is 0.286. The van der Waals surface area contributed by atoms with Crippen molar-refractivity contribution in [2.24, 2.45) is 5.92 Å². The number of nitrogens with zero attached hydrogens (tertiary/aromatic N) is 1. The van der Waals surface area contributed by atoms with Crippen LogP contribution in [0.25, 0.3) is 0 Å². The molecule has 1 fully saturated rings. The van der Waals surface area contributed by atoms with Crippen LogP contribution >= 0.6 is 0 Å². The molecule has 0 unspecified atom stereocenters. The summed E-state index contributed by atoms with van der Waals surface area (Å²) in [7, 11) is 1.46. The van der Waals surface area contributed by atoms with Crippen LogP contribution in [-0.4, -0.2) is 38.0 Å². The zero-order chi connectivity index (χ0) is 22.6. The van der Waals surface area contributed by atoms with Crippen molar-refractivity contribution < 1.29 is 37.0 Å². The van der Waals surface area contributed by atoms with Gasteiger partial charge in [-0.15, -0.1) is 0 Å². The normalized spacial score (nSPS) is 16.2. The Morgan fingerprint density at radius 2 is 1.81 bits per heavy atom. The maximum absolute atomic E-state index is 13.0. The van der Waals surface area contributed by atoms with Crippen molar-refractivity contribution in [1.29, 1.82) is 0 Å². The Kier molecular flexibility index (Phi) is 6.47. The second-order valence-corrected chi connectivity index (χ2v) is 6.78. The summed E-state index contributed by atoms with van der Waals surface area (Å²) >= 11 is 0. The van der Waals surface area contributed by atoms with E-state index < -0.39 is 41.8 Å². The third-order valence-corrected chi connectivity index (χ3v) is 4.69. The molecule has 3 rings (SSSR count). The molecule has 0 spiro atoms. The molecule has 1 aliphatic heterocycles. The molecule has 1 saturated heterocycles. The second kappa shape index (κ2) is 9.07. The van der Waals surface area contributed by atoms with Crippen LogP contribution in [0.1, 0.15) is 12.0 Å². The number of methoxy groups -OCH3 is 1. The van der Waals surface area contributed by atoms with Gasteiger partial charge in [-0.25, -0.2) is 0 Å². The number of carbonyl (C=O) groups is 3. The first-order chi connectivity index (χ1) is 14.7. The van der Waals surface area contributed by atoms with Gasteiger partial charge in [0.1, 0.15) is 5.75 Å². The smallest absolute Gasteiger partial charge is 0.418 e. The SMILES string of the molecule is COc1ccccc1N1C[C@@H](C(=O)OCC(=O)Nc2ccccc2C(F)(F)F)CC1=O. The van der Waals surface area contributed by atoms with Gasteiger partial charge in [-0.05, 0) is 24.3 Å². The van der Waals surface area contributed by atoms with Gasteiger partial charge in [0.05, 0.1) is 30.0 Å². The Hall–Kier alpha value is -3.56. The van der Waals surface area contributed by atoms with Crippen molar-refractivity contribution in [3.8, 4) is 5.75 Å². The molecule has 0 bridgehead atoms. The molecular weight excluding hydrogens is 417 g/mol. The minimum Gasteiger partial charge on any atom is -0.495 e. The monoisotopic (exact) mass is 436 g/mol. The molecule has 7 nitrogen and oxygen atoms in total. The number of rotatable bonds is 6. The highest BCUT2D eigenvalue weighted by Crippen LogP contribution is 2.35. The van der Waals surface area contributed by atoms with Gasteiger partial charge >= 0.3 is 12.1 Å². The molecule has 0 aliphatic carbocycles. The lowest BCUT2D eigenvalue weighted by Gasteiger charge is -2.19. The predicted octanol–water partition coefficient (Wildman–Crippen LogP) is 3.25. The summed E-state index contributed by atoms with van der Waals surface area (Å²) < 4.78 is 49.2. The summed E-state index contributed by atoms with van der Waals surface area (Å²) in [6.45, 7) is -0.735. The molecule has 1 heterocycles. The van der Waals surface area contributed by atoms with Crippen molar-refractivity contribution in [2.45, 2.75) is 12.6 Å². The van der Waals surface area contributed by atoms with Crippen LogP contribution in [0.3, 0.4) is 0 Å². The zero-order valence-electron chi connectivity index (χ0n) is 16.4. The highest BCUT2D eigenvalue weighted by atomic mass is 19.4. The number of halogens is 3. The van der Waals surface area contributed by atoms with Gasteiger partial charge in [-0.1, -0.05) is 24.3 Å². The highest BCUT2D eigenvalue weighted by molar-refractivity contribution is 6.01. The number of ether oxygens (including phenoxy) is 2. The first-order valence-electron chi connectivity index (χ1n) is 9.26. The summed E-state index contributed by atoms with van der Waals surface area (Å²) in [4.78, 5) is 38.0. The van der Waals surface area contributed by atoms with Crippen LogP contribution in [0.15, 0.2) is 48.5 Å². The molecule has 10 heteroatoms. The van der Waals surface area contributed by atoms with Gasteiger partial charge < -0.3 is 19.7 Å². The molecule has 1 atom stereocenters. The second-order valence-electron chi connectivity index (χ2n) is 6.78. The van der Waals surface area contributed by atoms with Crippen molar-refractivity contribution in [2.75, 3.05) is 30.5 Å². The highest BCUT2D eigenvalue weighted by Gasteiger charge is 2.37. The quantitative estimate of drug-likeness (QED) is 0.703. The Labute approximate surface area is 175 Å². The number of alkyl halides is 3. The van der Waals surface area contributed by atoms with E-state index in [1.807, 2.05) is 0 Å². The van der Waals surface area contributed by atoms with Crippen molar-refractivity contribution >= 4 is 29.2 Å². The van der Waals surface area contributed by atoms with Gasteiger partial charge in [-0.3, -0.25) is 14.4 Å². The predicted molar refractivity (Wildman–Crippen MR) is 104 cm³/mol. The fourth-order valence-electron chi connectivity index (χ4n) is 3.23. The average molecular weight is 436 g/mol. The van der Waals surface area contributed by atoms with Crippen LogP contribution in [-0.2, 0) is 25.3 Å². The summed E-state index contributed by atoms with van der Waals surface area (Å²) in [5.74, 6) is -2.36. The van der Waals surface area contributed by atoms with Gasteiger partial charge in [0.2, 0.25) is 5.91 Å². The molecule has 2 aromatic rings. The number of nitrogens with one attached hydrogen (secondary N) is 1. The molecule has 0 radical (unpaired) electrons. The average Bonchev–Trinajstić information content (AvgIpc) is 3.13. The van der Waals surface area contributed by atoms with Crippen LogP contribution in [0, 0.1) is 5.92 Å². The summed E-state index contributed by atoms with van der Waals surface area (Å²) in [6.07, 6.45) is -4.76. The first-order valence-corrected chi connectivity index (χ1v) is 9.26. The lowest BCUT2D eigenvalue weighted by molar-refractivity contribution is -0.151. The molecular formula is C21H19F3N2O5. The van der Waals surface area contributed by atoms with Gasteiger partial charge in [0.25, 0.3) is 5.91 Å². The number of hydrogen-bond acceptors (Lipinski definition) is 5. The molecule has 1 N–H and O–H groups in total. The third-order valence-electron chi connectivity index (χ3n) is 4.69. The maximum Gasteiger partial charge on any atom is 0.418 e. The fourth-order valence-corrected chi connectivity index (χ4v) is 3.23. The minimum atomic E-state index is -4.65. The lowest BCUT2D eigenvalue weighted by atomic mass is 10.1. The Balaban J connectivity index is 1.58. The lowest BCUT2D eigenvalue weighted by Crippen LogP contribution is -2.28. The van der Waals surface area contributed by atoms with Gasteiger partial charge in [0, 0.05) is 13.0 Å². The number of esters is 1. The Morgan fingerprint density at radius 1 is 1.13 bits per heavy atom. The Morgan fingerprint density at radius 3 is 2.52 bits per heavy atom. The van der Waals surface area contributed by atoms with Gasteiger partial charge in [-0.2, -0.15) is 13.2 Å². The minimum absolute atomic E-state index is 0.0383. The van der Waals surface area contributed by atoms with Crippen LogP contribution in [0.5, 0.6) is 5.75 Å². The van der Waals surface area contributed by atoms with Crippen LogP contribution < -0.4 is 15.0 Å². The van der Waals surface area contributed by atoms with E-state index in [2.05, 4.69) is 5.32 Å². The summed E-state index contributed by atoms with van der Waals surface area (Å²) in [6, 6.07) is 11.3. The van der Waals surface area contributed by atoms with Crippen LogP contribution in [0.4, 0.5) is 24.5 Å². The Bertz CT molecular complexity index is 993. The number of benzene rings is 2. The maximum atomic E-state index is 13.0. The van der Waals surface area contributed by atoms with E-state index in [-0.39, 0.29) is 18.9 Å².